The zero-order chi connectivity index (χ0) is 7.66. The first-order chi connectivity index (χ1) is 4.91. The lowest BCUT2D eigenvalue weighted by molar-refractivity contribution is 0.627. The molecule has 0 saturated heterocycles. The fourth-order valence-corrected chi connectivity index (χ4v) is 1.70. The Morgan fingerprint density at radius 3 is 2.20 bits per heavy atom. The second-order valence-electron chi connectivity index (χ2n) is 2.62. The summed E-state index contributed by atoms with van der Waals surface area (Å²) in [6, 6.07) is 0. The molecule has 0 aromatic carbocycles. The molecule has 0 radical (unpaired) electrons. The summed E-state index contributed by atoms with van der Waals surface area (Å²) in [5.74, 6) is 0. The average molecular weight is 176 g/mol. The molecule has 0 amide bonds. The Morgan fingerprint density at radius 1 is 1.00 bits per heavy atom. The lowest BCUT2D eigenvalue weighted by Crippen LogP contribution is -1.78. The predicted octanol–water partition coefficient (Wildman–Crippen LogP) is 3.76. The highest BCUT2D eigenvalue weighted by atomic mass is 32.4. The van der Waals surface area contributed by atoms with Crippen LogP contribution in [-0.4, -0.2) is 6.16 Å². The van der Waals surface area contributed by atoms with Crippen LogP contribution in [0.4, 0.5) is 0 Å². The van der Waals surface area contributed by atoms with Gasteiger partial charge in [0.15, 0.2) is 0 Å². The summed E-state index contributed by atoms with van der Waals surface area (Å²) >= 11 is 4.83. The van der Waals surface area contributed by atoms with E-state index in [9.17, 15) is 0 Å². The van der Waals surface area contributed by atoms with Gasteiger partial charge in [0.25, 0.3) is 0 Å². The topological polar surface area (TPSA) is 0 Å². The molecule has 0 N–H and O–H groups in total. The van der Waals surface area contributed by atoms with E-state index in [1.807, 2.05) is 0 Å². The van der Waals surface area contributed by atoms with Gasteiger partial charge in [0, 0.05) is 0 Å². The zero-order valence-electron chi connectivity index (χ0n) is 6.81. The monoisotopic (exact) mass is 176 g/mol. The van der Waals surface area contributed by atoms with Gasteiger partial charge in [-0.1, -0.05) is 50.8 Å². The van der Waals surface area contributed by atoms with Crippen LogP contribution in [0.2, 0.25) is 0 Å². The van der Waals surface area contributed by atoms with Gasteiger partial charge in [-0.15, -0.1) is 0 Å². The van der Waals surface area contributed by atoms with E-state index >= 15 is 0 Å². The van der Waals surface area contributed by atoms with Crippen molar-refractivity contribution in [1.82, 2.24) is 0 Å². The summed E-state index contributed by atoms with van der Waals surface area (Å²) < 4.78 is 0. The van der Waals surface area contributed by atoms with E-state index < -0.39 is 0 Å². The third-order valence-corrected chi connectivity index (χ3v) is 2.65. The van der Waals surface area contributed by atoms with Crippen molar-refractivity contribution in [2.45, 2.75) is 45.4 Å². The highest BCUT2D eigenvalue weighted by Gasteiger charge is 1.87. The van der Waals surface area contributed by atoms with Gasteiger partial charge in [0.05, 0.1) is 0 Å². The molecule has 0 nitrogen and oxygen atoms in total. The largest absolute Gasteiger partial charge is 0.0654 e. The summed E-state index contributed by atoms with van der Waals surface area (Å²) in [4.78, 5) is 0. The van der Waals surface area contributed by atoms with Crippen LogP contribution in [0.15, 0.2) is 0 Å². The summed E-state index contributed by atoms with van der Waals surface area (Å²) in [7, 11) is 1.15. The van der Waals surface area contributed by atoms with Gasteiger partial charge in [0.1, 0.15) is 0 Å². The Hall–Kier alpha value is 0.520. The normalized spacial score (nSPS) is 10.5. The van der Waals surface area contributed by atoms with Crippen molar-refractivity contribution in [3.63, 3.8) is 0 Å². The zero-order valence-corrected chi connectivity index (χ0v) is 8.52. The first-order valence-electron chi connectivity index (χ1n) is 4.21. The molecule has 0 saturated carbocycles. The van der Waals surface area contributed by atoms with Gasteiger partial charge in [0.2, 0.25) is 0 Å². The molecule has 0 aliphatic heterocycles. The van der Waals surface area contributed by atoms with Crippen LogP contribution in [0, 0.1) is 0 Å². The second kappa shape index (κ2) is 9.52. The minimum atomic E-state index is 1.15. The molecule has 0 atom stereocenters. The number of hydrogen-bond donors (Lipinski definition) is 0. The van der Waals surface area contributed by atoms with Crippen molar-refractivity contribution in [3.05, 3.63) is 0 Å². The van der Waals surface area contributed by atoms with Crippen molar-refractivity contribution < 1.29 is 0 Å². The van der Waals surface area contributed by atoms with Gasteiger partial charge in [-0.25, -0.2) is 0 Å². The van der Waals surface area contributed by atoms with Crippen LogP contribution in [0.25, 0.3) is 0 Å². The van der Waals surface area contributed by atoms with E-state index in [0.717, 1.165) is 7.36 Å². The molecule has 0 heterocycles. The lowest BCUT2D eigenvalue weighted by atomic mass is 10.1. The molecule has 0 aromatic rings. The van der Waals surface area contributed by atoms with Crippen molar-refractivity contribution in [2.24, 2.45) is 0 Å². The van der Waals surface area contributed by atoms with E-state index in [1.54, 1.807) is 0 Å². The van der Waals surface area contributed by atoms with E-state index in [2.05, 4.69) is 6.92 Å². The number of unbranched alkanes of at least 4 members (excludes halogenated alkanes) is 5. The van der Waals surface area contributed by atoms with Gasteiger partial charge in [-0.3, -0.25) is 0 Å². The smallest absolute Gasteiger partial charge is 0.000157 e. The quantitative estimate of drug-likeness (QED) is 0.420. The highest BCUT2D eigenvalue weighted by molar-refractivity contribution is 7.96. The van der Waals surface area contributed by atoms with E-state index in [4.69, 9.17) is 11.8 Å². The molecule has 2 heteroatoms. The minimum Gasteiger partial charge on any atom is -0.0654 e. The lowest BCUT2D eigenvalue weighted by Gasteiger charge is -1.96. The molecule has 0 rings (SSSR count). The van der Waals surface area contributed by atoms with Gasteiger partial charge in [-0.2, -0.15) is 0 Å². The summed E-state index contributed by atoms with van der Waals surface area (Å²) in [5.41, 5.74) is 0. The third kappa shape index (κ3) is 8.52. The van der Waals surface area contributed by atoms with Crippen molar-refractivity contribution >= 4 is 19.2 Å². The molecule has 0 fully saturated rings. The molecule has 10 heavy (non-hydrogen) atoms. The first kappa shape index (κ1) is 10.5. The SMILES string of the molecule is CCCCCCCCP=S. The molecular formula is C8H17PS. The van der Waals surface area contributed by atoms with E-state index in [1.165, 1.54) is 44.7 Å². The maximum atomic E-state index is 4.83. The van der Waals surface area contributed by atoms with Gasteiger partial charge >= 0.3 is 0 Å². The molecule has 0 aromatic heterocycles. The fraction of sp³-hybridized carbons (Fsp3) is 1.00. The fourth-order valence-electron chi connectivity index (χ4n) is 0.957. The molecule has 0 spiro atoms. The van der Waals surface area contributed by atoms with Crippen molar-refractivity contribution in [1.29, 1.82) is 0 Å². The molecule has 0 aliphatic rings. The summed E-state index contributed by atoms with van der Waals surface area (Å²) in [5, 5.41) is 0. The van der Waals surface area contributed by atoms with Crippen LogP contribution in [-0.2, 0) is 11.8 Å². The summed E-state index contributed by atoms with van der Waals surface area (Å²) in [6.45, 7) is 2.25. The molecule has 0 bridgehead atoms. The van der Waals surface area contributed by atoms with Crippen molar-refractivity contribution in [2.75, 3.05) is 6.16 Å². The standard InChI is InChI=1S/C8H17PS/c1-2-3-4-5-6-7-8-9-10/h2-8H2,1H3. The second-order valence-corrected chi connectivity index (χ2v) is 4.10. The van der Waals surface area contributed by atoms with Gasteiger partial charge in [-0.05, 0) is 19.9 Å². The van der Waals surface area contributed by atoms with Gasteiger partial charge < -0.3 is 0 Å². The Labute approximate surface area is 71.2 Å². The maximum absolute atomic E-state index is 4.83. The van der Waals surface area contributed by atoms with Crippen LogP contribution >= 0.6 is 7.36 Å². The van der Waals surface area contributed by atoms with Crippen LogP contribution < -0.4 is 0 Å². The average Bonchev–Trinajstić information content (AvgIpc) is 1.97. The predicted molar refractivity (Wildman–Crippen MR) is 52.5 cm³/mol. The van der Waals surface area contributed by atoms with Crippen LogP contribution in [0.5, 0.6) is 0 Å². The number of hydrogen-bond acceptors (Lipinski definition) is 1. The molecule has 0 aliphatic carbocycles. The Bertz CT molecular complexity index is 73.7. The van der Waals surface area contributed by atoms with Crippen LogP contribution in [0.3, 0.4) is 0 Å². The first-order valence-corrected chi connectivity index (χ1v) is 6.30. The molecule has 60 valence electrons. The summed E-state index contributed by atoms with van der Waals surface area (Å²) in [6.07, 6.45) is 9.55. The Kier molecular flexibility index (Phi) is 10.0. The third-order valence-electron chi connectivity index (χ3n) is 1.60. The van der Waals surface area contributed by atoms with Crippen LogP contribution in [0.1, 0.15) is 45.4 Å². The Morgan fingerprint density at radius 2 is 1.60 bits per heavy atom. The maximum Gasteiger partial charge on any atom is -0.000157 e. The molecular weight excluding hydrogens is 159 g/mol. The highest BCUT2D eigenvalue weighted by Crippen LogP contribution is 2.07. The molecule has 0 unspecified atom stereocenters. The van der Waals surface area contributed by atoms with E-state index in [-0.39, 0.29) is 0 Å². The van der Waals surface area contributed by atoms with E-state index in [0.29, 0.717) is 0 Å². The minimum absolute atomic E-state index is 1.15. The number of rotatable bonds is 7. The Balaban J connectivity index is 2.70. The van der Waals surface area contributed by atoms with Crippen molar-refractivity contribution in [3.8, 4) is 0 Å².